The summed E-state index contributed by atoms with van der Waals surface area (Å²) < 4.78 is 2.11. The number of fused-ring (bicyclic) bond motifs is 1. The van der Waals surface area contributed by atoms with E-state index in [1.165, 1.54) is 16.8 Å². The predicted molar refractivity (Wildman–Crippen MR) is 130 cm³/mol. The summed E-state index contributed by atoms with van der Waals surface area (Å²) in [4.78, 5) is 19.4. The quantitative estimate of drug-likeness (QED) is 0.489. The van der Waals surface area contributed by atoms with E-state index in [0.29, 0.717) is 5.56 Å². The Labute approximate surface area is 194 Å². The fraction of sp³-hybridized carbons (Fsp3) is 0.296. The Morgan fingerprint density at radius 1 is 1.06 bits per heavy atom. The molecule has 1 fully saturated rings. The molecule has 2 N–H and O–H groups in total. The molecule has 4 aromatic rings. The number of amides is 1. The maximum Gasteiger partial charge on any atom is 0.249 e. The number of carbonyl (C=O) groups excluding carboxylic acids is 1. The summed E-state index contributed by atoms with van der Waals surface area (Å²) in [5, 5.41) is 5.64. The van der Waals surface area contributed by atoms with Crippen molar-refractivity contribution in [2.24, 2.45) is 5.73 Å². The Bertz CT molecular complexity index is 1310. The summed E-state index contributed by atoms with van der Waals surface area (Å²) in [7, 11) is 0. The first-order chi connectivity index (χ1) is 16.0. The summed E-state index contributed by atoms with van der Waals surface area (Å²) in [6, 6.07) is 20.1. The van der Waals surface area contributed by atoms with Crippen molar-refractivity contribution in [2.45, 2.75) is 39.3 Å². The molecule has 0 saturated carbocycles. The van der Waals surface area contributed by atoms with Crippen molar-refractivity contribution in [1.82, 2.24) is 19.7 Å². The van der Waals surface area contributed by atoms with Gasteiger partial charge in [0, 0.05) is 41.3 Å². The molecule has 5 rings (SSSR count). The smallest absolute Gasteiger partial charge is 0.249 e. The summed E-state index contributed by atoms with van der Waals surface area (Å²) in [5.41, 5.74) is 12.9. The minimum Gasteiger partial charge on any atom is -0.366 e. The van der Waals surface area contributed by atoms with E-state index >= 15 is 0 Å². The molecule has 33 heavy (non-hydrogen) atoms. The third-order valence-electron chi connectivity index (χ3n) is 6.78. The van der Waals surface area contributed by atoms with Gasteiger partial charge in [-0.25, -0.2) is 0 Å². The second-order valence-corrected chi connectivity index (χ2v) is 8.99. The number of pyridine rings is 1. The van der Waals surface area contributed by atoms with Gasteiger partial charge in [-0.3, -0.25) is 19.4 Å². The molecule has 3 heterocycles. The van der Waals surface area contributed by atoms with Crippen molar-refractivity contribution in [3.63, 3.8) is 0 Å². The Morgan fingerprint density at radius 3 is 2.61 bits per heavy atom. The van der Waals surface area contributed by atoms with Crippen molar-refractivity contribution in [3.8, 4) is 0 Å². The molecule has 0 spiro atoms. The molecule has 0 radical (unpaired) electrons. The lowest BCUT2D eigenvalue weighted by atomic mass is 9.99. The fourth-order valence-electron chi connectivity index (χ4n) is 4.92. The number of aromatic nitrogens is 3. The van der Waals surface area contributed by atoms with Crippen LogP contribution in [0.1, 0.15) is 50.9 Å². The minimum atomic E-state index is -0.401. The number of para-hydroxylation sites is 1. The molecule has 0 unspecified atom stereocenters. The molecule has 0 aliphatic carbocycles. The zero-order valence-corrected chi connectivity index (χ0v) is 19.2. The number of benzene rings is 2. The number of aryl methyl sites for hydroxylation is 1. The second-order valence-electron chi connectivity index (χ2n) is 8.99. The Hall–Kier alpha value is -3.51. The van der Waals surface area contributed by atoms with Crippen LogP contribution in [0.2, 0.25) is 0 Å². The number of hydrogen-bond acceptors (Lipinski definition) is 4. The number of carbonyl (C=O) groups is 1. The average molecular weight is 440 g/mol. The van der Waals surface area contributed by atoms with E-state index in [2.05, 4.69) is 47.7 Å². The predicted octanol–water partition coefficient (Wildman–Crippen LogP) is 4.18. The van der Waals surface area contributed by atoms with Crippen LogP contribution in [-0.4, -0.2) is 38.7 Å². The van der Waals surface area contributed by atoms with Crippen LogP contribution in [0.25, 0.3) is 10.9 Å². The average Bonchev–Trinajstić information content (AvgIpc) is 3.39. The molecule has 2 aromatic carbocycles. The molecule has 1 aliphatic rings. The van der Waals surface area contributed by atoms with Gasteiger partial charge in [0.15, 0.2) is 0 Å². The van der Waals surface area contributed by atoms with Gasteiger partial charge >= 0.3 is 0 Å². The van der Waals surface area contributed by atoms with Crippen LogP contribution in [0.5, 0.6) is 0 Å². The zero-order valence-electron chi connectivity index (χ0n) is 19.2. The Kier molecular flexibility index (Phi) is 5.68. The lowest BCUT2D eigenvalue weighted by molar-refractivity contribution is 0.100. The van der Waals surface area contributed by atoms with Gasteiger partial charge in [0.1, 0.15) is 0 Å². The van der Waals surface area contributed by atoms with Gasteiger partial charge in [0.25, 0.3) is 0 Å². The van der Waals surface area contributed by atoms with E-state index in [1.54, 1.807) is 0 Å². The summed E-state index contributed by atoms with van der Waals surface area (Å²) in [6.45, 7) is 7.82. The van der Waals surface area contributed by atoms with E-state index in [0.717, 1.165) is 54.9 Å². The standard InChI is InChI=1S/C27H29N5O/c1-18-24(19(2)32(30-18)15-20-8-4-3-5-9-20)17-31-13-12-21(16-31)26-14-23(27(28)33)22-10-6-7-11-25(22)29-26/h3-11,14,21H,12-13,15-17H2,1-2H3,(H2,28,33)/t21-/m1/s1. The van der Waals surface area contributed by atoms with Gasteiger partial charge in [0.2, 0.25) is 5.91 Å². The van der Waals surface area contributed by atoms with E-state index in [-0.39, 0.29) is 5.92 Å². The molecule has 6 heteroatoms. The van der Waals surface area contributed by atoms with Crippen LogP contribution in [0.3, 0.4) is 0 Å². The maximum atomic E-state index is 12.1. The number of hydrogen-bond donors (Lipinski definition) is 1. The van der Waals surface area contributed by atoms with Gasteiger partial charge in [-0.2, -0.15) is 5.10 Å². The summed E-state index contributed by atoms with van der Waals surface area (Å²) in [5.74, 6) is -0.116. The molecule has 1 amide bonds. The first kappa shape index (κ1) is 21.3. The number of rotatable bonds is 6. The van der Waals surface area contributed by atoms with Crippen molar-refractivity contribution in [1.29, 1.82) is 0 Å². The summed E-state index contributed by atoms with van der Waals surface area (Å²) >= 11 is 0. The highest BCUT2D eigenvalue weighted by molar-refractivity contribution is 6.05. The van der Waals surface area contributed by atoms with E-state index in [9.17, 15) is 4.79 Å². The van der Waals surface area contributed by atoms with Crippen LogP contribution in [0.15, 0.2) is 60.7 Å². The van der Waals surface area contributed by atoms with Gasteiger partial charge in [0.05, 0.1) is 23.3 Å². The zero-order chi connectivity index (χ0) is 22.9. The SMILES string of the molecule is Cc1nn(Cc2ccccc2)c(C)c1CN1CC[C@@H](c2cc(C(N)=O)c3ccccc3n2)C1. The number of likely N-dealkylation sites (tertiary alicyclic amines) is 1. The maximum absolute atomic E-state index is 12.1. The second kappa shape index (κ2) is 8.79. The Balaban J connectivity index is 1.34. The summed E-state index contributed by atoms with van der Waals surface area (Å²) in [6.07, 6.45) is 1.01. The molecule has 0 bridgehead atoms. The lowest BCUT2D eigenvalue weighted by Crippen LogP contribution is -2.21. The van der Waals surface area contributed by atoms with Crippen molar-refractivity contribution < 1.29 is 4.79 Å². The van der Waals surface area contributed by atoms with E-state index in [1.807, 2.05) is 36.4 Å². The van der Waals surface area contributed by atoms with Gasteiger partial charge in [-0.05, 0) is 44.5 Å². The minimum absolute atomic E-state index is 0.285. The highest BCUT2D eigenvalue weighted by Gasteiger charge is 2.27. The van der Waals surface area contributed by atoms with Crippen LogP contribution < -0.4 is 5.73 Å². The largest absolute Gasteiger partial charge is 0.366 e. The third kappa shape index (κ3) is 4.26. The molecular weight excluding hydrogens is 410 g/mol. The van der Waals surface area contributed by atoms with Crippen LogP contribution in [-0.2, 0) is 13.1 Å². The molecule has 1 aliphatic heterocycles. The Morgan fingerprint density at radius 2 is 1.82 bits per heavy atom. The normalized spacial score (nSPS) is 16.5. The monoisotopic (exact) mass is 439 g/mol. The van der Waals surface area contributed by atoms with E-state index < -0.39 is 5.91 Å². The van der Waals surface area contributed by atoms with Crippen LogP contribution in [0.4, 0.5) is 0 Å². The van der Waals surface area contributed by atoms with Crippen LogP contribution in [0, 0.1) is 13.8 Å². The lowest BCUT2D eigenvalue weighted by Gasteiger charge is -2.17. The molecule has 2 aromatic heterocycles. The van der Waals surface area contributed by atoms with Gasteiger partial charge in [-0.15, -0.1) is 0 Å². The first-order valence-electron chi connectivity index (χ1n) is 11.5. The first-order valence-corrected chi connectivity index (χ1v) is 11.5. The van der Waals surface area contributed by atoms with E-state index in [4.69, 9.17) is 15.8 Å². The van der Waals surface area contributed by atoms with Gasteiger partial charge in [-0.1, -0.05) is 48.5 Å². The fourth-order valence-corrected chi connectivity index (χ4v) is 4.92. The molecule has 1 saturated heterocycles. The third-order valence-corrected chi connectivity index (χ3v) is 6.78. The molecule has 168 valence electrons. The number of nitrogens with zero attached hydrogens (tertiary/aromatic N) is 4. The van der Waals surface area contributed by atoms with Crippen molar-refractivity contribution in [2.75, 3.05) is 13.1 Å². The topological polar surface area (TPSA) is 77.0 Å². The van der Waals surface area contributed by atoms with Gasteiger partial charge < -0.3 is 5.73 Å². The van der Waals surface area contributed by atoms with Crippen molar-refractivity contribution in [3.05, 3.63) is 94.4 Å². The van der Waals surface area contributed by atoms with Crippen LogP contribution >= 0.6 is 0 Å². The number of nitrogens with two attached hydrogens (primary N) is 1. The highest BCUT2D eigenvalue weighted by atomic mass is 16.1. The molecular formula is C27H29N5O. The molecule has 1 atom stereocenters. The highest BCUT2D eigenvalue weighted by Crippen LogP contribution is 2.31. The van der Waals surface area contributed by atoms with Crippen molar-refractivity contribution >= 4 is 16.8 Å². The number of primary amides is 1. The molecule has 6 nitrogen and oxygen atoms in total.